The number of carbonyl (C=O) groups is 1. The van der Waals surface area contributed by atoms with E-state index in [4.69, 9.17) is 10.5 Å². The lowest BCUT2D eigenvalue weighted by molar-refractivity contribution is 0.0570. The molecule has 8 heteroatoms. The number of carbonyl (C=O) groups excluding carboxylic acids is 1. The summed E-state index contributed by atoms with van der Waals surface area (Å²) in [5, 5.41) is -0.339. The van der Waals surface area contributed by atoms with Gasteiger partial charge in [0.25, 0.3) is 10.0 Å². The van der Waals surface area contributed by atoms with Crippen LogP contribution in [0.2, 0.25) is 0 Å². The fourth-order valence-electron chi connectivity index (χ4n) is 1.03. The third-order valence-corrected chi connectivity index (χ3v) is 2.86. The third kappa shape index (κ3) is 4.21. The zero-order chi connectivity index (χ0) is 14.0. The lowest BCUT2D eigenvalue weighted by atomic mass is 10.2. The molecule has 0 fully saturated rings. The average molecular weight is 273 g/mol. The molecule has 0 saturated heterocycles. The summed E-state index contributed by atoms with van der Waals surface area (Å²) in [6, 6.07) is 2.58. The van der Waals surface area contributed by atoms with Crippen LogP contribution in [0.15, 0.2) is 23.4 Å². The van der Waals surface area contributed by atoms with Crippen molar-refractivity contribution in [2.24, 2.45) is 0 Å². The molecule has 1 aromatic heterocycles. The number of hydrogen-bond donors (Lipinski definition) is 2. The maximum atomic E-state index is 11.8. The van der Waals surface area contributed by atoms with Crippen molar-refractivity contribution in [2.75, 3.05) is 5.73 Å². The summed E-state index contributed by atoms with van der Waals surface area (Å²) in [6.45, 7) is 4.87. The quantitative estimate of drug-likeness (QED) is 0.827. The highest BCUT2D eigenvalue weighted by Crippen LogP contribution is 2.11. The van der Waals surface area contributed by atoms with E-state index in [0.29, 0.717) is 0 Å². The number of amides is 1. The largest absolute Gasteiger partial charge is 0.443 e. The second kappa shape index (κ2) is 4.81. The molecule has 0 aliphatic carbocycles. The van der Waals surface area contributed by atoms with Gasteiger partial charge in [0.1, 0.15) is 5.60 Å². The molecule has 0 aromatic carbocycles. The van der Waals surface area contributed by atoms with Crippen LogP contribution in [0.3, 0.4) is 0 Å². The summed E-state index contributed by atoms with van der Waals surface area (Å²) in [4.78, 5) is 15.0. The predicted octanol–water partition coefficient (Wildman–Crippen LogP) is 0.877. The van der Waals surface area contributed by atoms with Gasteiger partial charge in [0.15, 0.2) is 5.03 Å². The first-order valence-electron chi connectivity index (χ1n) is 5.07. The van der Waals surface area contributed by atoms with Gasteiger partial charge in [-0.25, -0.2) is 14.5 Å². The van der Waals surface area contributed by atoms with Crippen LogP contribution in [-0.4, -0.2) is 25.1 Å². The van der Waals surface area contributed by atoms with E-state index in [1.807, 2.05) is 0 Å². The lowest BCUT2D eigenvalue weighted by Crippen LogP contribution is -2.36. The maximum Gasteiger partial charge on any atom is 0.421 e. The zero-order valence-corrected chi connectivity index (χ0v) is 11.1. The van der Waals surface area contributed by atoms with Gasteiger partial charge in [0, 0.05) is 18.0 Å². The van der Waals surface area contributed by atoms with Gasteiger partial charge in [-0.1, -0.05) is 0 Å². The van der Waals surface area contributed by atoms with Crippen molar-refractivity contribution in [3.8, 4) is 0 Å². The molecule has 0 aliphatic rings. The number of pyridine rings is 1. The number of rotatable bonds is 2. The second-order valence-electron chi connectivity index (χ2n) is 4.53. The summed E-state index contributed by atoms with van der Waals surface area (Å²) in [6.07, 6.45) is 0.172. The number of sulfonamides is 1. The lowest BCUT2D eigenvalue weighted by Gasteiger charge is -2.19. The van der Waals surface area contributed by atoms with Gasteiger partial charge in [-0.15, -0.1) is 0 Å². The highest BCUT2D eigenvalue weighted by atomic mass is 32.2. The third-order valence-electron chi connectivity index (χ3n) is 1.65. The van der Waals surface area contributed by atoms with E-state index in [1.165, 1.54) is 12.3 Å². The van der Waals surface area contributed by atoms with Gasteiger partial charge in [-0.2, -0.15) is 8.42 Å². The fourth-order valence-corrected chi connectivity index (χ4v) is 1.89. The summed E-state index contributed by atoms with van der Waals surface area (Å²) >= 11 is 0. The molecular weight excluding hydrogens is 258 g/mol. The number of nitrogen functional groups attached to an aromatic ring is 1. The van der Waals surface area contributed by atoms with Gasteiger partial charge in [-0.05, 0) is 26.8 Å². The van der Waals surface area contributed by atoms with Gasteiger partial charge in [0.05, 0.1) is 0 Å². The number of nitrogens with one attached hydrogen (secondary N) is 1. The van der Waals surface area contributed by atoms with Crippen molar-refractivity contribution in [1.29, 1.82) is 0 Å². The molecule has 1 heterocycles. The Balaban J connectivity index is 2.87. The normalized spacial score (nSPS) is 11.9. The van der Waals surface area contributed by atoms with E-state index in [0.717, 1.165) is 6.07 Å². The monoisotopic (exact) mass is 273 g/mol. The highest BCUT2D eigenvalue weighted by molar-refractivity contribution is 7.90. The number of anilines is 1. The van der Waals surface area contributed by atoms with Crippen LogP contribution in [0.1, 0.15) is 20.8 Å². The van der Waals surface area contributed by atoms with Crippen LogP contribution in [0.25, 0.3) is 0 Å². The zero-order valence-electron chi connectivity index (χ0n) is 10.3. The number of aromatic nitrogens is 1. The van der Waals surface area contributed by atoms with E-state index in [2.05, 4.69) is 4.98 Å². The van der Waals surface area contributed by atoms with Crippen LogP contribution >= 0.6 is 0 Å². The van der Waals surface area contributed by atoms with Crippen molar-refractivity contribution in [3.63, 3.8) is 0 Å². The number of hydrogen-bond acceptors (Lipinski definition) is 6. The van der Waals surface area contributed by atoms with Crippen molar-refractivity contribution < 1.29 is 17.9 Å². The Labute approximate surface area is 105 Å². The first kappa shape index (κ1) is 14.2. The van der Waals surface area contributed by atoms with Gasteiger partial charge in [0.2, 0.25) is 0 Å². The Morgan fingerprint density at radius 2 is 2.06 bits per heavy atom. The summed E-state index contributed by atoms with van der Waals surface area (Å²) in [7, 11) is -4.07. The standard InChI is InChI=1S/C10H15N3O4S/c1-10(2,3)17-9(14)13-18(15,16)8-6-7(11)4-5-12-8/h4-6H,1-3H3,(H2,11,12)(H,13,14). The first-order chi connectivity index (χ1) is 8.10. The highest BCUT2D eigenvalue weighted by Gasteiger charge is 2.23. The van der Waals surface area contributed by atoms with Crippen molar-refractivity contribution in [2.45, 2.75) is 31.4 Å². The van der Waals surface area contributed by atoms with E-state index in [9.17, 15) is 13.2 Å². The second-order valence-corrected chi connectivity index (χ2v) is 6.16. The predicted molar refractivity (Wildman–Crippen MR) is 65.2 cm³/mol. The molecule has 100 valence electrons. The molecule has 3 N–H and O–H groups in total. The first-order valence-corrected chi connectivity index (χ1v) is 6.56. The van der Waals surface area contributed by atoms with Gasteiger partial charge >= 0.3 is 6.09 Å². The van der Waals surface area contributed by atoms with Crippen LogP contribution in [0, 0.1) is 0 Å². The van der Waals surface area contributed by atoms with Crippen LogP contribution in [-0.2, 0) is 14.8 Å². The van der Waals surface area contributed by atoms with E-state index >= 15 is 0 Å². The van der Waals surface area contributed by atoms with Gasteiger partial charge in [-0.3, -0.25) is 0 Å². The Morgan fingerprint density at radius 3 is 2.56 bits per heavy atom. The molecular formula is C10H15N3O4S. The molecule has 0 bridgehead atoms. The summed E-state index contributed by atoms with van der Waals surface area (Å²) in [5.74, 6) is 0. The van der Waals surface area contributed by atoms with Crippen LogP contribution in [0.5, 0.6) is 0 Å². The Morgan fingerprint density at radius 1 is 1.44 bits per heavy atom. The molecule has 7 nitrogen and oxygen atoms in total. The Hall–Kier alpha value is -1.83. The molecule has 1 rings (SSSR count). The van der Waals surface area contributed by atoms with E-state index < -0.39 is 21.7 Å². The van der Waals surface area contributed by atoms with Crippen LogP contribution < -0.4 is 10.5 Å². The molecule has 0 unspecified atom stereocenters. The minimum Gasteiger partial charge on any atom is -0.443 e. The molecule has 0 atom stereocenters. The van der Waals surface area contributed by atoms with Crippen molar-refractivity contribution in [3.05, 3.63) is 18.3 Å². The number of nitrogens with zero attached hydrogens (tertiary/aromatic N) is 1. The summed E-state index contributed by atoms with van der Waals surface area (Å²) < 4.78 is 30.1. The molecule has 0 radical (unpaired) electrons. The number of ether oxygens (including phenoxy) is 1. The molecule has 18 heavy (non-hydrogen) atoms. The molecule has 0 saturated carbocycles. The number of nitrogens with two attached hydrogens (primary N) is 1. The van der Waals surface area contributed by atoms with E-state index in [-0.39, 0.29) is 10.7 Å². The fraction of sp³-hybridized carbons (Fsp3) is 0.400. The topological polar surface area (TPSA) is 111 Å². The minimum absolute atomic E-state index is 0.231. The smallest absolute Gasteiger partial charge is 0.421 e. The Kier molecular flexibility index (Phi) is 3.80. The molecule has 0 aliphatic heterocycles. The minimum atomic E-state index is -4.07. The molecule has 1 amide bonds. The van der Waals surface area contributed by atoms with Crippen LogP contribution in [0.4, 0.5) is 10.5 Å². The molecule has 1 aromatic rings. The average Bonchev–Trinajstić information content (AvgIpc) is 2.13. The SMILES string of the molecule is CC(C)(C)OC(=O)NS(=O)(=O)c1cc(N)ccn1. The Bertz CT molecular complexity index is 548. The van der Waals surface area contributed by atoms with Crippen molar-refractivity contribution in [1.82, 2.24) is 9.71 Å². The maximum absolute atomic E-state index is 11.8. The van der Waals surface area contributed by atoms with E-state index in [1.54, 1.807) is 25.5 Å². The van der Waals surface area contributed by atoms with Gasteiger partial charge < -0.3 is 10.5 Å². The molecule has 0 spiro atoms. The summed E-state index contributed by atoms with van der Waals surface area (Å²) in [5.41, 5.74) is 4.88. The van der Waals surface area contributed by atoms with Crippen molar-refractivity contribution >= 4 is 21.8 Å².